The summed E-state index contributed by atoms with van der Waals surface area (Å²) < 4.78 is 5.40. The Bertz CT molecular complexity index is 936. The predicted molar refractivity (Wildman–Crippen MR) is 125 cm³/mol. The van der Waals surface area contributed by atoms with Crippen molar-refractivity contribution in [1.82, 2.24) is 10.2 Å². The molecule has 0 radical (unpaired) electrons. The number of carbonyl (C=O) groups excluding carboxylic acids is 2. The number of rotatable bonds is 8. The van der Waals surface area contributed by atoms with Crippen molar-refractivity contribution in [1.29, 1.82) is 0 Å². The second-order valence-corrected chi connectivity index (χ2v) is 9.00. The Kier molecular flexibility index (Phi) is 7.13. The van der Waals surface area contributed by atoms with E-state index < -0.39 is 0 Å². The van der Waals surface area contributed by atoms with Gasteiger partial charge in [0.05, 0.1) is 19.1 Å². The van der Waals surface area contributed by atoms with Gasteiger partial charge in [-0.3, -0.25) is 9.59 Å². The summed E-state index contributed by atoms with van der Waals surface area (Å²) in [6.45, 7) is 3.22. The second kappa shape index (κ2) is 10.2. The molecule has 170 valence electrons. The minimum Gasteiger partial charge on any atom is -0.496 e. The molecule has 2 fully saturated rings. The molecule has 2 aromatic carbocycles. The first kappa shape index (κ1) is 22.4. The molecule has 1 heterocycles. The molecule has 2 aliphatic rings. The third-order valence-corrected chi connectivity index (χ3v) is 6.82. The molecule has 5 heteroatoms. The van der Waals surface area contributed by atoms with Gasteiger partial charge < -0.3 is 15.0 Å². The van der Waals surface area contributed by atoms with Crippen LogP contribution < -0.4 is 10.1 Å². The zero-order valence-electron chi connectivity index (χ0n) is 19.2. The first-order valence-corrected chi connectivity index (χ1v) is 11.9. The highest BCUT2D eigenvalue weighted by Gasteiger charge is 2.41. The lowest BCUT2D eigenvalue weighted by atomic mass is 9.87. The monoisotopic (exact) mass is 434 g/mol. The molecule has 2 aromatic rings. The first-order valence-electron chi connectivity index (χ1n) is 11.9. The van der Waals surface area contributed by atoms with Crippen LogP contribution in [0, 0.1) is 11.8 Å². The normalized spacial score (nSPS) is 20.6. The molecule has 1 saturated carbocycles. The van der Waals surface area contributed by atoms with Gasteiger partial charge in [0, 0.05) is 19.0 Å². The van der Waals surface area contributed by atoms with Crippen molar-refractivity contribution in [3.8, 4) is 5.75 Å². The average Bonchev–Trinajstić information content (AvgIpc) is 3.69. The molecule has 0 spiro atoms. The van der Waals surface area contributed by atoms with E-state index >= 15 is 0 Å². The van der Waals surface area contributed by atoms with Crippen LogP contribution >= 0.6 is 0 Å². The maximum Gasteiger partial charge on any atom is 0.226 e. The molecule has 1 aliphatic carbocycles. The smallest absolute Gasteiger partial charge is 0.226 e. The van der Waals surface area contributed by atoms with Gasteiger partial charge in [0.1, 0.15) is 5.75 Å². The van der Waals surface area contributed by atoms with Crippen molar-refractivity contribution in [2.24, 2.45) is 11.8 Å². The summed E-state index contributed by atoms with van der Waals surface area (Å²) >= 11 is 0. The van der Waals surface area contributed by atoms with E-state index in [9.17, 15) is 9.59 Å². The highest BCUT2D eigenvalue weighted by molar-refractivity contribution is 5.84. The predicted octanol–water partition coefficient (Wildman–Crippen LogP) is 4.31. The SMILES string of the molecule is CCc1ccc(C2CCC(C(=O)NCCc3ccccc3OC)CN2C(=O)C2CC2)cc1. The molecular weight excluding hydrogens is 400 g/mol. The van der Waals surface area contributed by atoms with Crippen molar-refractivity contribution >= 4 is 11.8 Å². The standard InChI is InChI=1S/C27H34N2O3/c1-3-19-8-10-20(11-9-19)24-15-14-23(18-29(24)27(31)22-12-13-22)26(30)28-17-16-21-6-4-5-7-25(21)32-2/h4-11,22-24H,3,12-18H2,1-2H3,(H,28,30). The zero-order chi connectivity index (χ0) is 22.5. The van der Waals surface area contributed by atoms with Crippen LogP contribution in [0.2, 0.25) is 0 Å². The Hall–Kier alpha value is -2.82. The fourth-order valence-corrected chi connectivity index (χ4v) is 4.69. The number of hydrogen-bond donors (Lipinski definition) is 1. The van der Waals surface area contributed by atoms with E-state index in [0.717, 1.165) is 49.8 Å². The Morgan fingerprint density at radius 1 is 1.00 bits per heavy atom. The molecule has 2 atom stereocenters. The quantitative estimate of drug-likeness (QED) is 0.674. The maximum absolute atomic E-state index is 13.1. The zero-order valence-corrected chi connectivity index (χ0v) is 19.2. The fourth-order valence-electron chi connectivity index (χ4n) is 4.69. The lowest BCUT2D eigenvalue weighted by molar-refractivity contribution is -0.140. The van der Waals surface area contributed by atoms with Crippen LogP contribution in [-0.4, -0.2) is 36.9 Å². The van der Waals surface area contributed by atoms with E-state index in [4.69, 9.17) is 4.74 Å². The summed E-state index contributed by atoms with van der Waals surface area (Å²) in [5.74, 6) is 1.12. The van der Waals surface area contributed by atoms with Crippen LogP contribution in [0.1, 0.15) is 55.3 Å². The van der Waals surface area contributed by atoms with Gasteiger partial charge in [-0.25, -0.2) is 0 Å². The molecule has 0 aromatic heterocycles. The van der Waals surface area contributed by atoms with Gasteiger partial charge in [-0.05, 0) is 61.3 Å². The number of ether oxygens (including phenoxy) is 1. The molecule has 1 N–H and O–H groups in total. The van der Waals surface area contributed by atoms with Crippen molar-refractivity contribution in [2.45, 2.75) is 51.5 Å². The number of likely N-dealkylation sites (tertiary alicyclic amines) is 1. The van der Waals surface area contributed by atoms with Gasteiger partial charge >= 0.3 is 0 Å². The van der Waals surface area contributed by atoms with E-state index in [1.165, 1.54) is 11.1 Å². The number of piperidine rings is 1. The van der Waals surface area contributed by atoms with Crippen LogP contribution in [0.25, 0.3) is 0 Å². The van der Waals surface area contributed by atoms with Gasteiger partial charge in [0.15, 0.2) is 0 Å². The van der Waals surface area contributed by atoms with E-state index in [1.807, 2.05) is 29.2 Å². The lowest BCUT2D eigenvalue weighted by Crippen LogP contribution is -2.47. The Labute approximate surface area is 191 Å². The number of aryl methyl sites for hydroxylation is 1. The van der Waals surface area contributed by atoms with E-state index in [-0.39, 0.29) is 29.7 Å². The number of amides is 2. The van der Waals surface area contributed by atoms with E-state index in [1.54, 1.807) is 7.11 Å². The molecule has 2 unspecified atom stereocenters. The Morgan fingerprint density at radius 3 is 2.41 bits per heavy atom. The van der Waals surface area contributed by atoms with Gasteiger partial charge in [0.2, 0.25) is 11.8 Å². The summed E-state index contributed by atoms with van der Waals surface area (Å²) in [5.41, 5.74) is 3.57. The highest BCUT2D eigenvalue weighted by atomic mass is 16.5. The Balaban J connectivity index is 1.39. The van der Waals surface area contributed by atoms with Gasteiger partial charge in [-0.15, -0.1) is 0 Å². The van der Waals surface area contributed by atoms with Crippen LogP contribution in [0.15, 0.2) is 48.5 Å². The third kappa shape index (κ3) is 5.14. The Morgan fingerprint density at radius 2 is 1.72 bits per heavy atom. The number of para-hydroxylation sites is 1. The minimum atomic E-state index is -0.151. The molecule has 4 rings (SSSR count). The minimum absolute atomic E-state index is 0.0493. The number of nitrogens with one attached hydrogen (secondary N) is 1. The maximum atomic E-state index is 13.1. The molecular formula is C27H34N2O3. The second-order valence-electron chi connectivity index (χ2n) is 9.00. The number of carbonyl (C=O) groups is 2. The highest BCUT2D eigenvalue weighted by Crippen LogP contribution is 2.39. The van der Waals surface area contributed by atoms with Crippen molar-refractivity contribution in [2.75, 3.05) is 20.2 Å². The summed E-state index contributed by atoms with van der Waals surface area (Å²) in [6, 6.07) is 16.6. The third-order valence-electron chi connectivity index (χ3n) is 6.82. The van der Waals surface area contributed by atoms with Crippen molar-refractivity contribution in [3.05, 3.63) is 65.2 Å². The van der Waals surface area contributed by atoms with Crippen molar-refractivity contribution < 1.29 is 14.3 Å². The van der Waals surface area contributed by atoms with E-state index in [2.05, 4.69) is 36.5 Å². The molecule has 2 amide bonds. The first-order chi connectivity index (χ1) is 15.6. The number of nitrogens with zero attached hydrogens (tertiary/aromatic N) is 1. The summed E-state index contributed by atoms with van der Waals surface area (Å²) in [4.78, 5) is 28.0. The summed E-state index contributed by atoms with van der Waals surface area (Å²) in [6.07, 6.45) is 5.31. The van der Waals surface area contributed by atoms with Crippen LogP contribution in [0.3, 0.4) is 0 Å². The topological polar surface area (TPSA) is 58.6 Å². The van der Waals surface area contributed by atoms with E-state index in [0.29, 0.717) is 13.1 Å². The molecule has 0 bridgehead atoms. The van der Waals surface area contributed by atoms with Gasteiger partial charge in [-0.1, -0.05) is 49.4 Å². The molecule has 32 heavy (non-hydrogen) atoms. The molecule has 1 saturated heterocycles. The fraction of sp³-hybridized carbons (Fsp3) is 0.481. The number of methoxy groups -OCH3 is 1. The summed E-state index contributed by atoms with van der Waals surface area (Å²) in [5, 5.41) is 3.09. The molecule has 1 aliphatic heterocycles. The van der Waals surface area contributed by atoms with Gasteiger partial charge in [0.25, 0.3) is 0 Å². The molecule has 5 nitrogen and oxygen atoms in total. The average molecular weight is 435 g/mol. The van der Waals surface area contributed by atoms with Crippen LogP contribution in [0.4, 0.5) is 0 Å². The van der Waals surface area contributed by atoms with Gasteiger partial charge in [-0.2, -0.15) is 0 Å². The number of hydrogen-bond acceptors (Lipinski definition) is 3. The van der Waals surface area contributed by atoms with Crippen LogP contribution in [0.5, 0.6) is 5.75 Å². The largest absolute Gasteiger partial charge is 0.496 e. The summed E-state index contributed by atoms with van der Waals surface area (Å²) in [7, 11) is 1.66. The van der Waals surface area contributed by atoms with Crippen LogP contribution in [-0.2, 0) is 22.4 Å². The van der Waals surface area contributed by atoms with Crippen molar-refractivity contribution in [3.63, 3.8) is 0 Å². The lowest BCUT2D eigenvalue weighted by Gasteiger charge is -2.40. The number of benzene rings is 2.